The Morgan fingerprint density at radius 3 is 2.39 bits per heavy atom. The number of carbonyl (C=O) groups excluding carboxylic acids is 2. The summed E-state index contributed by atoms with van der Waals surface area (Å²) < 4.78 is 13.3. The predicted molar refractivity (Wildman–Crippen MR) is 154 cm³/mol. The van der Waals surface area contributed by atoms with Crippen molar-refractivity contribution in [1.29, 1.82) is 0 Å². The molecule has 2 amide bonds. The third kappa shape index (κ3) is 3.98. The molecule has 2 aliphatic heterocycles. The van der Waals surface area contributed by atoms with Crippen molar-refractivity contribution in [2.45, 2.75) is 25.9 Å². The predicted octanol–water partition coefficient (Wildman–Crippen LogP) is 5.39. The summed E-state index contributed by atoms with van der Waals surface area (Å²) in [5, 5.41) is 9.99. The summed E-state index contributed by atoms with van der Waals surface area (Å²) in [7, 11) is 0. The van der Waals surface area contributed by atoms with Crippen molar-refractivity contribution >= 4 is 17.3 Å². The van der Waals surface area contributed by atoms with Crippen molar-refractivity contribution in [2.75, 3.05) is 6.79 Å². The lowest BCUT2D eigenvalue weighted by atomic mass is 9.91. The van der Waals surface area contributed by atoms with Gasteiger partial charge in [-0.1, -0.05) is 42.5 Å². The van der Waals surface area contributed by atoms with Crippen molar-refractivity contribution in [3.63, 3.8) is 0 Å². The molecule has 2 aromatic heterocycles. The van der Waals surface area contributed by atoms with E-state index >= 15 is 0 Å². The number of aromatic hydroxyl groups is 1. The largest absolute Gasteiger partial charge is 0.508 e. The number of benzene rings is 3. The third-order valence-electron chi connectivity index (χ3n) is 8.01. The summed E-state index contributed by atoms with van der Waals surface area (Å²) in [6.07, 6.45) is 2.60. The second-order valence-corrected chi connectivity index (χ2v) is 10.5. The highest BCUT2D eigenvalue weighted by Gasteiger charge is 2.33. The third-order valence-corrected chi connectivity index (χ3v) is 8.01. The van der Waals surface area contributed by atoms with E-state index in [2.05, 4.69) is 19.1 Å². The van der Waals surface area contributed by atoms with Gasteiger partial charge in [-0.3, -0.25) is 9.59 Å². The lowest BCUT2D eigenvalue weighted by Gasteiger charge is -2.35. The first kappa shape index (κ1) is 24.8. The van der Waals surface area contributed by atoms with Crippen molar-refractivity contribution < 1.29 is 24.2 Å². The van der Waals surface area contributed by atoms with E-state index in [0.29, 0.717) is 57.1 Å². The Labute approximate surface area is 236 Å². The minimum absolute atomic E-state index is 0.0301. The summed E-state index contributed by atoms with van der Waals surface area (Å²) in [4.78, 5) is 29.3. The normalized spacial score (nSPS) is 15.6. The number of nitrogens with two attached hydrogens (primary N) is 1. The number of rotatable bonds is 4. The molecule has 3 aromatic carbocycles. The number of nitrogens with zero attached hydrogens (tertiary/aromatic N) is 2. The number of phenolic OH excluding ortho intramolecular Hbond substituents is 1. The number of pyridine rings is 1. The number of primary amides is 1. The monoisotopic (exact) mass is 545 g/mol. The SMILES string of the molecule is C[C@@H]1Cc2ccccc2CN1C(=O)c1cc2c(cc1-c1c(-c3ccc(O)cc3)c(C(N)=O)c3ccccn13)OCO2. The molecule has 204 valence electrons. The van der Waals surface area contributed by atoms with Gasteiger partial charge in [0.25, 0.3) is 11.8 Å². The number of hydrogen-bond acceptors (Lipinski definition) is 5. The lowest BCUT2D eigenvalue weighted by Crippen LogP contribution is -2.42. The summed E-state index contributed by atoms with van der Waals surface area (Å²) >= 11 is 0. The quantitative estimate of drug-likeness (QED) is 0.315. The second-order valence-electron chi connectivity index (χ2n) is 10.5. The van der Waals surface area contributed by atoms with Gasteiger partial charge < -0.3 is 29.6 Å². The summed E-state index contributed by atoms with van der Waals surface area (Å²) in [6.45, 7) is 2.59. The van der Waals surface area contributed by atoms with Crippen molar-refractivity contribution in [2.24, 2.45) is 5.73 Å². The Morgan fingerprint density at radius 1 is 0.927 bits per heavy atom. The Hall–Kier alpha value is -5.24. The van der Waals surface area contributed by atoms with E-state index in [4.69, 9.17) is 15.2 Å². The fourth-order valence-electron chi connectivity index (χ4n) is 6.05. The van der Waals surface area contributed by atoms with Gasteiger partial charge in [-0.2, -0.15) is 0 Å². The molecule has 0 saturated heterocycles. The van der Waals surface area contributed by atoms with Crippen molar-refractivity contribution in [3.05, 3.63) is 107 Å². The van der Waals surface area contributed by atoms with Crippen LogP contribution in [0, 0.1) is 0 Å². The zero-order valence-corrected chi connectivity index (χ0v) is 22.3. The maximum Gasteiger partial charge on any atom is 0.255 e. The molecule has 0 aliphatic carbocycles. The highest BCUT2D eigenvalue weighted by molar-refractivity contribution is 6.13. The van der Waals surface area contributed by atoms with E-state index < -0.39 is 5.91 Å². The van der Waals surface area contributed by atoms with Crippen LogP contribution in [0.1, 0.15) is 38.8 Å². The van der Waals surface area contributed by atoms with Gasteiger partial charge >= 0.3 is 0 Å². The number of amides is 2. The van der Waals surface area contributed by atoms with Gasteiger partial charge in [0.2, 0.25) is 6.79 Å². The highest BCUT2D eigenvalue weighted by atomic mass is 16.7. The molecular weight excluding hydrogens is 518 g/mol. The molecule has 4 heterocycles. The molecule has 7 rings (SSSR count). The minimum atomic E-state index is -0.599. The number of ether oxygens (including phenoxy) is 2. The zero-order valence-electron chi connectivity index (χ0n) is 22.3. The van der Waals surface area contributed by atoms with Gasteiger partial charge in [0, 0.05) is 29.9 Å². The van der Waals surface area contributed by atoms with Crippen LogP contribution in [0.5, 0.6) is 17.2 Å². The van der Waals surface area contributed by atoms with Gasteiger partial charge in [-0.25, -0.2) is 0 Å². The van der Waals surface area contributed by atoms with Gasteiger partial charge in [0.1, 0.15) is 5.75 Å². The topological polar surface area (TPSA) is 106 Å². The first-order valence-electron chi connectivity index (χ1n) is 13.4. The van der Waals surface area contributed by atoms with Gasteiger partial charge in [-0.15, -0.1) is 0 Å². The average Bonchev–Trinajstić information content (AvgIpc) is 3.58. The number of aromatic nitrogens is 1. The van der Waals surface area contributed by atoms with Crippen LogP contribution in [-0.2, 0) is 13.0 Å². The molecule has 0 fully saturated rings. The van der Waals surface area contributed by atoms with Crippen LogP contribution in [-0.4, -0.2) is 39.1 Å². The Kier molecular flexibility index (Phi) is 5.71. The smallest absolute Gasteiger partial charge is 0.255 e. The first-order valence-corrected chi connectivity index (χ1v) is 13.4. The molecule has 1 atom stereocenters. The Bertz CT molecular complexity index is 1860. The van der Waals surface area contributed by atoms with E-state index in [1.807, 2.05) is 51.9 Å². The molecule has 0 spiro atoms. The Morgan fingerprint density at radius 2 is 1.63 bits per heavy atom. The summed E-state index contributed by atoms with van der Waals surface area (Å²) in [6, 6.07) is 23.8. The van der Waals surface area contributed by atoms with Crippen LogP contribution < -0.4 is 15.2 Å². The lowest BCUT2D eigenvalue weighted by molar-refractivity contribution is 0.0658. The fourth-order valence-corrected chi connectivity index (χ4v) is 6.05. The Balaban J connectivity index is 1.49. The van der Waals surface area contributed by atoms with Gasteiger partial charge in [-0.05, 0) is 66.4 Å². The molecule has 2 aliphatic rings. The van der Waals surface area contributed by atoms with E-state index in [1.54, 1.807) is 30.3 Å². The summed E-state index contributed by atoms with van der Waals surface area (Å²) in [5.41, 5.74) is 12.1. The van der Waals surface area contributed by atoms with Crippen LogP contribution in [0.3, 0.4) is 0 Å². The van der Waals surface area contributed by atoms with Crippen molar-refractivity contribution in [1.82, 2.24) is 9.30 Å². The minimum Gasteiger partial charge on any atom is -0.508 e. The van der Waals surface area contributed by atoms with Crippen LogP contribution in [0.4, 0.5) is 0 Å². The highest BCUT2D eigenvalue weighted by Crippen LogP contribution is 2.45. The molecule has 0 unspecified atom stereocenters. The maximum absolute atomic E-state index is 14.5. The van der Waals surface area contributed by atoms with Crippen LogP contribution in [0.25, 0.3) is 27.9 Å². The van der Waals surface area contributed by atoms with Crippen LogP contribution in [0.2, 0.25) is 0 Å². The molecule has 0 saturated carbocycles. The molecule has 0 bridgehead atoms. The van der Waals surface area contributed by atoms with E-state index in [1.165, 1.54) is 5.56 Å². The van der Waals surface area contributed by atoms with Crippen molar-refractivity contribution in [3.8, 4) is 39.6 Å². The number of carbonyl (C=O) groups is 2. The molecule has 8 nitrogen and oxygen atoms in total. The molecule has 41 heavy (non-hydrogen) atoms. The zero-order chi connectivity index (χ0) is 28.2. The fraction of sp³-hybridized carbons (Fsp3) is 0.152. The molecule has 8 heteroatoms. The van der Waals surface area contributed by atoms with E-state index in [0.717, 1.165) is 12.0 Å². The maximum atomic E-state index is 14.5. The van der Waals surface area contributed by atoms with Gasteiger partial charge in [0.05, 0.1) is 22.3 Å². The number of phenols is 1. The van der Waals surface area contributed by atoms with E-state index in [9.17, 15) is 14.7 Å². The molecular formula is C33H27N3O5. The molecule has 5 aromatic rings. The summed E-state index contributed by atoms with van der Waals surface area (Å²) in [5.74, 6) is 0.348. The van der Waals surface area contributed by atoms with Crippen LogP contribution >= 0.6 is 0 Å². The molecule has 3 N–H and O–H groups in total. The van der Waals surface area contributed by atoms with E-state index in [-0.39, 0.29) is 24.5 Å². The first-order chi connectivity index (χ1) is 19.9. The molecule has 0 radical (unpaired) electrons. The van der Waals surface area contributed by atoms with Crippen LogP contribution in [0.15, 0.2) is 85.1 Å². The average molecular weight is 546 g/mol. The second kappa shape index (κ2) is 9.45. The number of fused-ring (bicyclic) bond motifs is 3. The number of hydrogen-bond donors (Lipinski definition) is 2. The standard InChI is InChI=1S/C33H27N3O5/c1-19-14-21-6-2-3-7-22(21)17-36(19)33(39)25-16-28-27(40-18-41-28)15-24(25)31-29(20-9-11-23(37)12-10-20)30(32(34)38)26-8-4-5-13-35(26)31/h2-13,15-16,19,37H,14,17-18H2,1H3,(H2,34,38)/t19-/m1/s1. The van der Waals surface area contributed by atoms with Gasteiger partial charge in [0.15, 0.2) is 11.5 Å².